The van der Waals surface area contributed by atoms with E-state index in [1.54, 1.807) is 7.11 Å². The quantitative estimate of drug-likeness (QED) is 0.377. The lowest BCUT2D eigenvalue weighted by molar-refractivity contribution is 0.414. The second kappa shape index (κ2) is 6.75. The molecule has 1 rings (SSSR count). The van der Waals surface area contributed by atoms with Gasteiger partial charge in [-0.3, -0.25) is 10.3 Å². The highest BCUT2D eigenvalue weighted by Gasteiger charge is 1.97. The number of hydrogen-bond acceptors (Lipinski definition) is 4. The third kappa shape index (κ3) is 3.83. The average molecular weight is 235 g/mol. The standard InChI is InChI=1S/C11H13N3OS/c1-15-10-5-3-4-9(6-10)7-13-11(16-2)14-8-12/h3-6H,7H2,1-2H3,(H,13,14). The number of ether oxygens (including phenoxy) is 1. The van der Waals surface area contributed by atoms with Crippen LogP contribution in [0.1, 0.15) is 5.56 Å². The number of amidine groups is 1. The monoisotopic (exact) mass is 235 g/mol. The molecule has 0 heterocycles. The fourth-order valence-corrected chi connectivity index (χ4v) is 1.48. The highest BCUT2D eigenvalue weighted by Crippen LogP contribution is 2.13. The van der Waals surface area contributed by atoms with Crippen LogP contribution in [0, 0.1) is 11.5 Å². The summed E-state index contributed by atoms with van der Waals surface area (Å²) in [5.41, 5.74) is 1.05. The van der Waals surface area contributed by atoms with Gasteiger partial charge in [0.05, 0.1) is 13.7 Å². The summed E-state index contributed by atoms with van der Waals surface area (Å²) in [5, 5.41) is 11.6. The molecule has 0 fully saturated rings. The normalized spacial score (nSPS) is 10.7. The van der Waals surface area contributed by atoms with E-state index in [1.165, 1.54) is 11.8 Å². The molecule has 0 aliphatic carbocycles. The predicted molar refractivity (Wildman–Crippen MR) is 66.4 cm³/mol. The van der Waals surface area contributed by atoms with Crippen molar-refractivity contribution in [3.8, 4) is 11.9 Å². The van der Waals surface area contributed by atoms with Crippen LogP contribution < -0.4 is 10.1 Å². The fourth-order valence-electron chi connectivity index (χ4n) is 1.14. The molecule has 1 aromatic carbocycles. The maximum atomic E-state index is 8.47. The number of nitrogens with one attached hydrogen (secondary N) is 1. The summed E-state index contributed by atoms with van der Waals surface area (Å²) < 4.78 is 5.11. The number of aliphatic imine (C=N–C) groups is 1. The Morgan fingerprint density at radius 2 is 2.44 bits per heavy atom. The van der Waals surface area contributed by atoms with Crippen LogP contribution in [0.15, 0.2) is 29.3 Å². The van der Waals surface area contributed by atoms with Crippen LogP contribution in [0.25, 0.3) is 0 Å². The number of nitriles is 1. The van der Waals surface area contributed by atoms with Gasteiger partial charge in [-0.15, -0.1) is 0 Å². The van der Waals surface area contributed by atoms with E-state index in [0.29, 0.717) is 11.7 Å². The first-order chi connectivity index (χ1) is 7.80. The van der Waals surface area contributed by atoms with Gasteiger partial charge >= 0.3 is 0 Å². The number of rotatable bonds is 3. The van der Waals surface area contributed by atoms with Crippen LogP contribution in [-0.2, 0) is 6.54 Å². The van der Waals surface area contributed by atoms with Crippen molar-refractivity contribution in [1.82, 2.24) is 5.32 Å². The molecule has 0 saturated heterocycles. The van der Waals surface area contributed by atoms with Crippen molar-refractivity contribution in [1.29, 1.82) is 5.26 Å². The summed E-state index contributed by atoms with van der Waals surface area (Å²) >= 11 is 1.41. The maximum Gasteiger partial charge on any atom is 0.183 e. The third-order valence-corrected chi connectivity index (χ3v) is 2.51. The molecule has 4 nitrogen and oxygen atoms in total. The van der Waals surface area contributed by atoms with E-state index < -0.39 is 0 Å². The molecule has 0 amide bonds. The topological polar surface area (TPSA) is 57.4 Å². The van der Waals surface area contributed by atoms with E-state index in [2.05, 4.69) is 10.3 Å². The van der Waals surface area contributed by atoms with Crippen molar-refractivity contribution >= 4 is 16.9 Å². The molecule has 0 unspecified atom stereocenters. The lowest BCUT2D eigenvalue weighted by Crippen LogP contribution is -2.13. The largest absolute Gasteiger partial charge is 0.497 e. The summed E-state index contributed by atoms with van der Waals surface area (Å²) in [6, 6.07) is 7.69. The van der Waals surface area contributed by atoms with Gasteiger partial charge in [0.25, 0.3) is 0 Å². The first-order valence-electron chi connectivity index (χ1n) is 4.66. The number of nitrogens with zero attached hydrogens (tertiary/aromatic N) is 2. The molecule has 0 aromatic heterocycles. The average Bonchev–Trinajstić information content (AvgIpc) is 2.34. The first-order valence-corrected chi connectivity index (χ1v) is 5.89. The van der Waals surface area contributed by atoms with Gasteiger partial charge < -0.3 is 4.74 Å². The summed E-state index contributed by atoms with van der Waals surface area (Å²) in [4.78, 5) is 4.27. The van der Waals surface area contributed by atoms with Crippen LogP contribution >= 0.6 is 11.8 Å². The highest BCUT2D eigenvalue weighted by molar-refractivity contribution is 8.13. The summed E-state index contributed by atoms with van der Waals surface area (Å²) in [6.45, 7) is 0.530. The number of hydrogen-bond donors (Lipinski definition) is 1. The van der Waals surface area contributed by atoms with Gasteiger partial charge in [0.2, 0.25) is 0 Å². The number of benzene rings is 1. The third-order valence-electron chi connectivity index (χ3n) is 1.90. The minimum atomic E-state index is 0.530. The van der Waals surface area contributed by atoms with Gasteiger partial charge in [0.1, 0.15) is 5.75 Å². The van der Waals surface area contributed by atoms with Gasteiger partial charge in [-0.2, -0.15) is 5.26 Å². The van der Waals surface area contributed by atoms with Crippen LogP contribution in [0.4, 0.5) is 0 Å². The van der Waals surface area contributed by atoms with Crippen molar-refractivity contribution < 1.29 is 4.74 Å². The molecular weight excluding hydrogens is 222 g/mol. The molecule has 0 aliphatic rings. The van der Waals surface area contributed by atoms with Crippen molar-refractivity contribution in [3.63, 3.8) is 0 Å². The molecule has 0 aliphatic heterocycles. The van der Waals surface area contributed by atoms with Crippen LogP contribution in [0.2, 0.25) is 0 Å². The van der Waals surface area contributed by atoms with E-state index >= 15 is 0 Å². The van der Waals surface area contributed by atoms with E-state index in [1.807, 2.05) is 36.7 Å². The Hall–Kier alpha value is -1.67. The van der Waals surface area contributed by atoms with E-state index in [0.717, 1.165) is 11.3 Å². The molecule has 0 bridgehead atoms. The molecular formula is C11H13N3OS. The van der Waals surface area contributed by atoms with Gasteiger partial charge in [0, 0.05) is 0 Å². The lowest BCUT2D eigenvalue weighted by Gasteiger charge is -2.03. The Balaban J connectivity index is 2.69. The SMILES string of the molecule is COc1cccc(CN=C(NC#N)SC)c1. The molecule has 16 heavy (non-hydrogen) atoms. The predicted octanol–water partition coefficient (Wildman–Crippen LogP) is 1.98. The van der Waals surface area contributed by atoms with Gasteiger partial charge in [-0.1, -0.05) is 23.9 Å². The molecule has 0 saturated carbocycles. The van der Waals surface area contributed by atoms with Crippen molar-refractivity contribution in [2.75, 3.05) is 13.4 Å². The zero-order valence-corrected chi connectivity index (χ0v) is 10.0. The Labute approximate surface area is 99.3 Å². The van der Waals surface area contributed by atoms with Crippen molar-refractivity contribution in [3.05, 3.63) is 29.8 Å². The van der Waals surface area contributed by atoms with Gasteiger partial charge in [-0.25, -0.2) is 0 Å². The van der Waals surface area contributed by atoms with Crippen molar-refractivity contribution in [2.45, 2.75) is 6.54 Å². The van der Waals surface area contributed by atoms with Crippen LogP contribution in [-0.4, -0.2) is 18.5 Å². The Bertz CT molecular complexity index is 412. The maximum absolute atomic E-state index is 8.47. The van der Waals surface area contributed by atoms with E-state index in [4.69, 9.17) is 10.00 Å². The van der Waals surface area contributed by atoms with E-state index in [-0.39, 0.29) is 0 Å². The molecule has 0 radical (unpaired) electrons. The molecule has 5 heteroatoms. The first kappa shape index (κ1) is 12.4. The summed E-state index contributed by atoms with van der Waals surface area (Å²) in [6.07, 6.45) is 3.72. The molecule has 1 N–H and O–H groups in total. The molecule has 1 aromatic rings. The number of thioether (sulfide) groups is 1. The Morgan fingerprint density at radius 3 is 3.06 bits per heavy atom. The fraction of sp³-hybridized carbons (Fsp3) is 0.273. The molecule has 84 valence electrons. The Morgan fingerprint density at radius 1 is 1.62 bits per heavy atom. The second-order valence-corrected chi connectivity index (χ2v) is 3.71. The molecule has 0 spiro atoms. The smallest absolute Gasteiger partial charge is 0.183 e. The lowest BCUT2D eigenvalue weighted by atomic mass is 10.2. The molecule has 0 atom stereocenters. The minimum Gasteiger partial charge on any atom is -0.497 e. The zero-order valence-electron chi connectivity index (χ0n) is 9.23. The van der Waals surface area contributed by atoms with Gasteiger partial charge in [-0.05, 0) is 24.0 Å². The van der Waals surface area contributed by atoms with Crippen LogP contribution in [0.3, 0.4) is 0 Å². The highest BCUT2D eigenvalue weighted by atomic mass is 32.2. The second-order valence-electron chi connectivity index (χ2n) is 2.91. The zero-order chi connectivity index (χ0) is 11.8. The van der Waals surface area contributed by atoms with E-state index in [9.17, 15) is 0 Å². The summed E-state index contributed by atoms with van der Waals surface area (Å²) in [7, 11) is 1.63. The number of methoxy groups -OCH3 is 1. The minimum absolute atomic E-state index is 0.530. The van der Waals surface area contributed by atoms with Crippen LogP contribution in [0.5, 0.6) is 5.75 Å². The Kier molecular flexibility index (Phi) is 5.23. The van der Waals surface area contributed by atoms with Crippen molar-refractivity contribution in [2.24, 2.45) is 4.99 Å². The van der Waals surface area contributed by atoms with Gasteiger partial charge in [0.15, 0.2) is 11.4 Å². The summed E-state index contributed by atoms with van der Waals surface area (Å²) in [5.74, 6) is 0.812.